The molecule has 0 fully saturated rings. The fourth-order valence-corrected chi connectivity index (χ4v) is 5.57. The van der Waals surface area contributed by atoms with E-state index in [2.05, 4.69) is 4.99 Å². The first-order valence-electron chi connectivity index (χ1n) is 11.4. The largest absolute Gasteiger partial charge is 0.497 e. The SMILES string of the molecule is CCOC(=O)C1=C(C)N=c2sc(=Cc3cc4c(cc3Cl)OCO4)c(=O)n2C1c1cc(OC)ccc1OC. The maximum Gasteiger partial charge on any atom is 0.338 e. The van der Waals surface area contributed by atoms with Crippen LogP contribution in [0.2, 0.25) is 5.02 Å². The molecule has 3 heterocycles. The Morgan fingerprint density at radius 2 is 1.97 bits per heavy atom. The summed E-state index contributed by atoms with van der Waals surface area (Å²) in [5.41, 5.74) is 1.50. The van der Waals surface area contributed by atoms with E-state index < -0.39 is 12.0 Å². The molecule has 1 atom stereocenters. The van der Waals surface area contributed by atoms with Crippen molar-refractivity contribution >= 4 is 35.0 Å². The van der Waals surface area contributed by atoms with Gasteiger partial charge in [0.15, 0.2) is 16.3 Å². The first-order valence-corrected chi connectivity index (χ1v) is 12.6. The number of esters is 1. The van der Waals surface area contributed by atoms with Crippen molar-refractivity contribution in [2.45, 2.75) is 19.9 Å². The lowest BCUT2D eigenvalue weighted by Gasteiger charge is -2.26. The van der Waals surface area contributed by atoms with Crippen molar-refractivity contribution in [3.63, 3.8) is 0 Å². The Morgan fingerprint density at radius 3 is 2.68 bits per heavy atom. The average molecular weight is 543 g/mol. The Hall–Kier alpha value is -3.76. The average Bonchev–Trinajstić information content (AvgIpc) is 3.46. The van der Waals surface area contributed by atoms with Gasteiger partial charge in [-0.15, -0.1) is 0 Å². The molecule has 192 valence electrons. The van der Waals surface area contributed by atoms with Crippen molar-refractivity contribution in [1.82, 2.24) is 4.57 Å². The summed E-state index contributed by atoms with van der Waals surface area (Å²) >= 11 is 7.65. The number of hydrogen-bond donors (Lipinski definition) is 0. The zero-order valence-electron chi connectivity index (χ0n) is 20.5. The summed E-state index contributed by atoms with van der Waals surface area (Å²) in [7, 11) is 3.07. The van der Waals surface area contributed by atoms with E-state index >= 15 is 0 Å². The minimum absolute atomic E-state index is 0.107. The highest BCUT2D eigenvalue weighted by Gasteiger charge is 2.35. The molecule has 37 heavy (non-hydrogen) atoms. The molecule has 0 aliphatic carbocycles. The van der Waals surface area contributed by atoms with Crippen molar-refractivity contribution in [1.29, 1.82) is 0 Å². The molecule has 0 bridgehead atoms. The number of allylic oxidation sites excluding steroid dienone is 1. The third-order valence-electron chi connectivity index (χ3n) is 6.03. The molecule has 3 aromatic rings. The first kappa shape index (κ1) is 24.9. The van der Waals surface area contributed by atoms with Gasteiger partial charge in [-0.25, -0.2) is 9.79 Å². The number of carbonyl (C=O) groups is 1. The summed E-state index contributed by atoms with van der Waals surface area (Å²) in [4.78, 5) is 32.0. The van der Waals surface area contributed by atoms with E-state index in [9.17, 15) is 9.59 Å². The number of hydrogen-bond acceptors (Lipinski definition) is 9. The number of benzene rings is 2. The van der Waals surface area contributed by atoms with Crippen LogP contribution in [0, 0.1) is 0 Å². The number of aromatic nitrogens is 1. The quantitative estimate of drug-likeness (QED) is 0.441. The number of nitrogens with zero attached hydrogens (tertiary/aromatic N) is 2. The molecule has 1 aromatic heterocycles. The van der Waals surface area contributed by atoms with Gasteiger partial charge in [-0.2, -0.15) is 0 Å². The van der Waals surface area contributed by atoms with E-state index in [1.807, 2.05) is 0 Å². The van der Waals surface area contributed by atoms with Crippen molar-refractivity contribution in [2.75, 3.05) is 27.6 Å². The Kier molecular flexibility index (Phi) is 6.70. The van der Waals surface area contributed by atoms with Crippen LogP contribution in [0.4, 0.5) is 0 Å². The predicted molar refractivity (Wildman–Crippen MR) is 138 cm³/mol. The monoisotopic (exact) mass is 542 g/mol. The van der Waals surface area contributed by atoms with E-state index in [0.717, 1.165) is 0 Å². The van der Waals surface area contributed by atoms with Crippen molar-refractivity contribution in [3.05, 3.63) is 77.4 Å². The van der Waals surface area contributed by atoms with Gasteiger partial charge in [-0.1, -0.05) is 22.9 Å². The van der Waals surface area contributed by atoms with Crippen LogP contribution in [0.3, 0.4) is 0 Å². The number of methoxy groups -OCH3 is 2. The number of ether oxygens (including phenoxy) is 5. The molecule has 2 aliphatic rings. The zero-order chi connectivity index (χ0) is 26.3. The van der Waals surface area contributed by atoms with Crippen LogP contribution in [0.25, 0.3) is 6.08 Å². The summed E-state index contributed by atoms with van der Waals surface area (Å²) in [5.74, 6) is 1.55. The van der Waals surface area contributed by atoms with Gasteiger partial charge in [0.2, 0.25) is 6.79 Å². The van der Waals surface area contributed by atoms with Gasteiger partial charge in [0.05, 0.1) is 41.7 Å². The molecule has 0 N–H and O–H groups in total. The molecule has 11 heteroatoms. The van der Waals surface area contributed by atoms with Crippen LogP contribution in [0.1, 0.15) is 31.0 Å². The van der Waals surface area contributed by atoms with E-state index in [4.69, 9.17) is 35.3 Å². The molecule has 2 aromatic carbocycles. The lowest BCUT2D eigenvalue weighted by atomic mass is 9.94. The second kappa shape index (κ2) is 9.95. The number of fused-ring (bicyclic) bond motifs is 2. The molecule has 1 unspecified atom stereocenters. The summed E-state index contributed by atoms with van der Waals surface area (Å²) in [6, 6.07) is 7.74. The molecule has 5 rings (SSSR count). The lowest BCUT2D eigenvalue weighted by molar-refractivity contribution is -0.139. The normalized spacial score (nSPS) is 16.4. The molecule has 9 nitrogen and oxygen atoms in total. The fourth-order valence-electron chi connectivity index (χ4n) is 4.32. The summed E-state index contributed by atoms with van der Waals surface area (Å²) in [6.07, 6.45) is 1.68. The molecule has 0 spiro atoms. The number of halogens is 1. The second-order valence-electron chi connectivity index (χ2n) is 8.14. The molecule has 0 saturated heterocycles. The van der Waals surface area contributed by atoms with Crippen LogP contribution in [0.5, 0.6) is 23.0 Å². The fraction of sp³-hybridized carbons (Fsp3) is 0.269. The highest BCUT2D eigenvalue weighted by atomic mass is 35.5. The third kappa shape index (κ3) is 4.36. The summed E-state index contributed by atoms with van der Waals surface area (Å²) in [5, 5.41) is 0.407. The topological polar surface area (TPSA) is 97.6 Å². The minimum Gasteiger partial charge on any atom is -0.497 e. The van der Waals surface area contributed by atoms with Gasteiger partial charge in [-0.3, -0.25) is 9.36 Å². The van der Waals surface area contributed by atoms with E-state index in [1.54, 1.807) is 57.4 Å². The third-order valence-corrected chi connectivity index (χ3v) is 7.34. The Balaban J connectivity index is 1.76. The minimum atomic E-state index is -0.852. The summed E-state index contributed by atoms with van der Waals surface area (Å²) < 4.78 is 29.1. The first-order chi connectivity index (χ1) is 17.9. The number of thiazole rings is 1. The van der Waals surface area contributed by atoms with E-state index in [-0.39, 0.29) is 24.5 Å². The van der Waals surface area contributed by atoms with Crippen LogP contribution < -0.4 is 33.8 Å². The molecule has 0 amide bonds. The van der Waals surface area contributed by atoms with Crippen LogP contribution in [-0.4, -0.2) is 38.2 Å². The highest BCUT2D eigenvalue weighted by Crippen LogP contribution is 2.39. The van der Waals surface area contributed by atoms with Crippen molar-refractivity contribution in [3.8, 4) is 23.0 Å². The molecular formula is C26H23ClN2O7S. The maximum absolute atomic E-state index is 13.9. The Labute approximate surface area is 220 Å². The van der Waals surface area contributed by atoms with Gasteiger partial charge >= 0.3 is 5.97 Å². The standard InChI is InChI=1S/C26H23ClN2O7S/c1-5-34-25(31)22-13(2)28-26-29(23(22)16-10-15(32-3)6-7-18(16)33-4)24(30)21(37-26)9-14-8-19-20(11-17(14)27)36-12-35-19/h6-11,23H,5,12H2,1-4H3. The zero-order valence-corrected chi connectivity index (χ0v) is 22.1. The van der Waals surface area contributed by atoms with E-state index in [1.165, 1.54) is 23.0 Å². The highest BCUT2D eigenvalue weighted by molar-refractivity contribution is 7.07. The van der Waals surface area contributed by atoms with Crippen LogP contribution in [0.15, 0.2) is 51.4 Å². The Morgan fingerprint density at radius 1 is 1.22 bits per heavy atom. The summed E-state index contributed by atoms with van der Waals surface area (Å²) in [6.45, 7) is 3.72. The van der Waals surface area contributed by atoms with Gasteiger partial charge in [0.1, 0.15) is 17.5 Å². The molecule has 2 aliphatic heterocycles. The van der Waals surface area contributed by atoms with Crippen LogP contribution >= 0.6 is 22.9 Å². The Bertz CT molecular complexity index is 1620. The van der Waals surface area contributed by atoms with Gasteiger partial charge in [0, 0.05) is 11.6 Å². The van der Waals surface area contributed by atoms with E-state index in [0.29, 0.717) is 54.2 Å². The maximum atomic E-state index is 13.9. The molecule has 0 radical (unpaired) electrons. The smallest absolute Gasteiger partial charge is 0.338 e. The lowest BCUT2D eigenvalue weighted by Crippen LogP contribution is -2.40. The van der Waals surface area contributed by atoms with Crippen molar-refractivity contribution < 1.29 is 28.5 Å². The number of rotatable bonds is 6. The van der Waals surface area contributed by atoms with Crippen LogP contribution in [-0.2, 0) is 9.53 Å². The predicted octanol–water partition coefficient (Wildman–Crippen LogP) is 3.20. The van der Waals surface area contributed by atoms with Gasteiger partial charge < -0.3 is 23.7 Å². The molecular weight excluding hydrogens is 520 g/mol. The number of carbonyl (C=O) groups excluding carboxylic acids is 1. The molecule has 0 saturated carbocycles. The van der Waals surface area contributed by atoms with Gasteiger partial charge in [0.25, 0.3) is 5.56 Å². The van der Waals surface area contributed by atoms with Gasteiger partial charge in [-0.05, 0) is 49.8 Å². The second-order valence-corrected chi connectivity index (χ2v) is 9.55. The van der Waals surface area contributed by atoms with Crippen molar-refractivity contribution in [2.24, 2.45) is 4.99 Å².